The molecule has 0 aliphatic carbocycles. The van der Waals surface area contributed by atoms with E-state index in [0.29, 0.717) is 40.3 Å². The molecule has 0 bridgehead atoms. The van der Waals surface area contributed by atoms with Crippen molar-refractivity contribution in [1.29, 1.82) is 0 Å². The number of hydrogen-bond acceptors (Lipinski definition) is 8. The molecule has 146 valence electrons. The van der Waals surface area contributed by atoms with Gasteiger partial charge in [-0.1, -0.05) is 23.9 Å². The van der Waals surface area contributed by atoms with E-state index >= 15 is 0 Å². The highest BCUT2D eigenvalue weighted by Gasteiger charge is 2.18. The lowest BCUT2D eigenvalue weighted by atomic mass is 10.1. The minimum Gasteiger partial charge on any atom is -0.497 e. The molecule has 3 aromatic rings. The van der Waals surface area contributed by atoms with Gasteiger partial charge in [0.25, 0.3) is 0 Å². The summed E-state index contributed by atoms with van der Waals surface area (Å²) in [5.41, 5.74) is 1.19. The van der Waals surface area contributed by atoms with Gasteiger partial charge in [0, 0.05) is 6.07 Å². The molecule has 0 saturated carbocycles. The molecule has 0 spiro atoms. The third-order valence-electron chi connectivity index (χ3n) is 3.88. The molecule has 1 heterocycles. The molecule has 0 N–H and O–H groups in total. The highest BCUT2D eigenvalue weighted by molar-refractivity contribution is 7.99. The van der Waals surface area contributed by atoms with E-state index in [1.165, 1.54) is 18.9 Å². The predicted molar refractivity (Wildman–Crippen MR) is 105 cm³/mol. The first kappa shape index (κ1) is 19.7. The fourth-order valence-electron chi connectivity index (χ4n) is 2.57. The van der Waals surface area contributed by atoms with Gasteiger partial charge in [0.2, 0.25) is 5.16 Å². The van der Waals surface area contributed by atoms with E-state index in [0.717, 1.165) is 0 Å². The minimum absolute atomic E-state index is 0.0999. The molecule has 0 aliphatic heterocycles. The van der Waals surface area contributed by atoms with Crippen molar-refractivity contribution in [1.82, 2.24) is 20.2 Å². The Bertz CT molecular complexity index is 961. The molecular weight excluding hydrogens is 380 g/mol. The zero-order valence-corrected chi connectivity index (χ0v) is 16.6. The van der Waals surface area contributed by atoms with Crippen LogP contribution in [0.1, 0.15) is 17.3 Å². The van der Waals surface area contributed by atoms with Crippen LogP contribution in [0, 0.1) is 0 Å². The topological polar surface area (TPSA) is 88.4 Å². The first-order valence-electron chi connectivity index (χ1n) is 8.56. The fourth-order valence-corrected chi connectivity index (χ4v) is 3.33. The quantitative estimate of drug-likeness (QED) is 0.400. The van der Waals surface area contributed by atoms with Crippen molar-refractivity contribution in [2.75, 3.05) is 26.6 Å². The van der Waals surface area contributed by atoms with Gasteiger partial charge in [-0.25, -0.2) is 0 Å². The Morgan fingerprint density at radius 1 is 1.11 bits per heavy atom. The number of hydrogen-bond donors (Lipinski definition) is 0. The Kier molecular flexibility index (Phi) is 6.49. The number of rotatable bonds is 9. The number of methoxy groups -OCH3 is 2. The molecule has 2 aromatic carbocycles. The summed E-state index contributed by atoms with van der Waals surface area (Å²) in [6.45, 7) is 2.43. The largest absolute Gasteiger partial charge is 0.497 e. The van der Waals surface area contributed by atoms with Crippen LogP contribution < -0.4 is 14.2 Å². The standard InChI is InChI=1S/C19H20N4O4S/c1-4-27-17-8-6-5-7-15(17)23-19(20-21-22-23)28-12-16(24)14-10-9-13(25-2)11-18(14)26-3/h5-11H,4,12H2,1-3H3. The van der Waals surface area contributed by atoms with E-state index in [9.17, 15) is 4.79 Å². The molecule has 0 radical (unpaired) electrons. The molecule has 1 aromatic heterocycles. The van der Waals surface area contributed by atoms with E-state index in [4.69, 9.17) is 14.2 Å². The number of tetrazole rings is 1. The molecule has 8 nitrogen and oxygen atoms in total. The Labute approximate surface area is 166 Å². The van der Waals surface area contributed by atoms with E-state index in [2.05, 4.69) is 15.5 Å². The van der Waals surface area contributed by atoms with Gasteiger partial charge in [-0.05, 0) is 41.6 Å². The summed E-state index contributed by atoms with van der Waals surface area (Å²) < 4.78 is 17.7. The highest BCUT2D eigenvalue weighted by Crippen LogP contribution is 2.29. The van der Waals surface area contributed by atoms with E-state index in [1.54, 1.807) is 30.0 Å². The number of para-hydroxylation sites is 2. The molecule has 9 heteroatoms. The molecule has 3 rings (SSSR count). The Hall–Kier alpha value is -3.07. The third-order valence-corrected chi connectivity index (χ3v) is 4.79. The van der Waals surface area contributed by atoms with Crippen molar-refractivity contribution in [3.05, 3.63) is 48.0 Å². The second kappa shape index (κ2) is 9.23. The van der Waals surface area contributed by atoms with Crippen LogP contribution in [0.4, 0.5) is 0 Å². The van der Waals surface area contributed by atoms with Crippen LogP contribution in [0.2, 0.25) is 0 Å². The predicted octanol–water partition coefficient (Wildman–Crippen LogP) is 3.05. The molecular formula is C19H20N4O4S. The summed E-state index contributed by atoms with van der Waals surface area (Å²) in [6, 6.07) is 12.6. The van der Waals surface area contributed by atoms with Gasteiger partial charge >= 0.3 is 0 Å². The van der Waals surface area contributed by atoms with Gasteiger partial charge in [0.05, 0.1) is 32.1 Å². The zero-order valence-electron chi connectivity index (χ0n) is 15.8. The van der Waals surface area contributed by atoms with Gasteiger partial charge in [0.1, 0.15) is 22.9 Å². The summed E-state index contributed by atoms with van der Waals surface area (Å²) in [7, 11) is 3.08. The number of Topliss-reactive ketones (excluding diaryl/α,β-unsaturated/α-hetero) is 1. The average molecular weight is 400 g/mol. The Morgan fingerprint density at radius 3 is 2.68 bits per heavy atom. The van der Waals surface area contributed by atoms with Crippen molar-refractivity contribution in [3.63, 3.8) is 0 Å². The van der Waals surface area contributed by atoms with Crippen LogP contribution in [0.25, 0.3) is 5.69 Å². The number of nitrogens with zero attached hydrogens (tertiary/aromatic N) is 4. The van der Waals surface area contributed by atoms with Crippen molar-refractivity contribution in [2.45, 2.75) is 12.1 Å². The maximum absolute atomic E-state index is 12.7. The Balaban J connectivity index is 1.79. The number of thioether (sulfide) groups is 1. The number of carbonyl (C=O) groups is 1. The number of carbonyl (C=O) groups excluding carboxylic acids is 1. The summed E-state index contributed by atoms with van der Waals surface area (Å²) in [6.07, 6.45) is 0. The molecule has 0 saturated heterocycles. The maximum atomic E-state index is 12.7. The van der Waals surface area contributed by atoms with Crippen molar-refractivity contribution >= 4 is 17.5 Å². The molecule has 0 aliphatic rings. The lowest BCUT2D eigenvalue weighted by molar-refractivity contribution is 0.101. The van der Waals surface area contributed by atoms with Crippen LogP contribution in [0.5, 0.6) is 17.2 Å². The average Bonchev–Trinajstić information content (AvgIpc) is 3.20. The summed E-state index contributed by atoms with van der Waals surface area (Å²) >= 11 is 1.24. The highest BCUT2D eigenvalue weighted by atomic mass is 32.2. The zero-order chi connectivity index (χ0) is 19.9. The van der Waals surface area contributed by atoms with Crippen LogP contribution in [-0.2, 0) is 0 Å². The van der Waals surface area contributed by atoms with Gasteiger partial charge in [-0.2, -0.15) is 4.68 Å². The van der Waals surface area contributed by atoms with Crippen molar-refractivity contribution in [2.24, 2.45) is 0 Å². The molecule has 0 unspecified atom stereocenters. The lowest BCUT2D eigenvalue weighted by Crippen LogP contribution is -2.07. The number of ether oxygens (including phenoxy) is 3. The summed E-state index contributed by atoms with van der Waals surface area (Å²) in [4.78, 5) is 12.7. The van der Waals surface area contributed by atoms with Gasteiger partial charge < -0.3 is 14.2 Å². The van der Waals surface area contributed by atoms with Crippen LogP contribution in [-0.4, -0.2) is 52.6 Å². The minimum atomic E-state index is -0.0999. The first-order valence-corrected chi connectivity index (χ1v) is 9.55. The third kappa shape index (κ3) is 4.25. The monoisotopic (exact) mass is 400 g/mol. The SMILES string of the molecule is CCOc1ccccc1-n1nnnc1SCC(=O)c1ccc(OC)cc1OC. The fraction of sp³-hybridized carbons (Fsp3) is 0.263. The summed E-state index contributed by atoms with van der Waals surface area (Å²) in [5, 5.41) is 12.3. The van der Waals surface area contributed by atoms with Crippen LogP contribution in [0.15, 0.2) is 47.6 Å². The number of benzene rings is 2. The molecule has 28 heavy (non-hydrogen) atoms. The molecule has 0 amide bonds. The number of ketones is 1. The second-order valence-corrected chi connectivity index (χ2v) is 6.49. The van der Waals surface area contributed by atoms with Crippen molar-refractivity contribution in [3.8, 4) is 22.9 Å². The first-order chi connectivity index (χ1) is 13.7. The number of aromatic nitrogens is 4. The van der Waals surface area contributed by atoms with Gasteiger partial charge in [-0.15, -0.1) is 5.10 Å². The summed E-state index contributed by atoms with van der Waals surface area (Å²) in [5.74, 6) is 1.81. The van der Waals surface area contributed by atoms with E-state index in [1.807, 2.05) is 31.2 Å². The second-order valence-electron chi connectivity index (χ2n) is 5.55. The van der Waals surface area contributed by atoms with Crippen LogP contribution in [0.3, 0.4) is 0 Å². The molecule has 0 fully saturated rings. The molecule has 0 atom stereocenters. The normalized spacial score (nSPS) is 10.5. The van der Waals surface area contributed by atoms with Gasteiger partial charge in [-0.3, -0.25) is 4.79 Å². The van der Waals surface area contributed by atoms with E-state index in [-0.39, 0.29) is 11.5 Å². The Morgan fingerprint density at radius 2 is 1.93 bits per heavy atom. The van der Waals surface area contributed by atoms with Crippen molar-refractivity contribution < 1.29 is 19.0 Å². The van der Waals surface area contributed by atoms with E-state index < -0.39 is 0 Å². The van der Waals surface area contributed by atoms with Gasteiger partial charge in [0.15, 0.2) is 5.78 Å². The lowest BCUT2D eigenvalue weighted by Gasteiger charge is -2.11. The maximum Gasteiger partial charge on any atom is 0.214 e. The van der Waals surface area contributed by atoms with Crippen LogP contribution >= 0.6 is 11.8 Å². The smallest absolute Gasteiger partial charge is 0.214 e.